The molecule has 1 fully saturated rings. The lowest BCUT2D eigenvalue weighted by atomic mass is 10.0. The first-order valence-corrected chi connectivity index (χ1v) is 10.9. The van der Waals surface area contributed by atoms with Crippen molar-refractivity contribution in [3.63, 3.8) is 0 Å². The smallest absolute Gasteiger partial charge is 0.416 e. The SMILES string of the molecule is C=CCc1ccc(OCC(=O)NC2CCN(Cc3cccc(C(F)(F)F)c3)CC2)c(OC)c1. The highest BCUT2D eigenvalue weighted by Gasteiger charge is 2.30. The Hall–Kier alpha value is -3.00. The van der Waals surface area contributed by atoms with Gasteiger partial charge in [0.15, 0.2) is 18.1 Å². The largest absolute Gasteiger partial charge is 0.493 e. The van der Waals surface area contributed by atoms with Crippen molar-refractivity contribution in [2.24, 2.45) is 0 Å². The Morgan fingerprint density at radius 3 is 2.58 bits per heavy atom. The highest BCUT2D eigenvalue weighted by Crippen LogP contribution is 2.30. The minimum Gasteiger partial charge on any atom is -0.493 e. The summed E-state index contributed by atoms with van der Waals surface area (Å²) in [6, 6.07) is 11.0. The van der Waals surface area contributed by atoms with Gasteiger partial charge in [-0.3, -0.25) is 9.69 Å². The van der Waals surface area contributed by atoms with Crippen LogP contribution in [0.1, 0.15) is 29.5 Å². The van der Waals surface area contributed by atoms with Crippen molar-refractivity contribution in [3.05, 3.63) is 71.8 Å². The van der Waals surface area contributed by atoms with Crippen LogP contribution in [0.4, 0.5) is 13.2 Å². The minimum atomic E-state index is -4.34. The third kappa shape index (κ3) is 7.25. The fraction of sp³-hybridized carbons (Fsp3) is 0.400. The van der Waals surface area contributed by atoms with E-state index in [-0.39, 0.29) is 18.6 Å². The number of nitrogens with zero attached hydrogens (tertiary/aromatic N) is 1. The summed E-state index contributed by atoms with van der Waals surface area (Å²) in [5.41, 5.74) is 1.04. The number of methoxy groups -OCH3 is 1. The first-order valence-electron chi connectivity index (χ1n) is 10.9. The molecule has 0 bridgehead atoms. The zero-order valence-electron chi connectivity index (χ0n) is 18.7. The molecule has 1 aliphatic rings. The lowest BCUT2D eigenvalue weighted by molar-refractivity contribution is -0.137. The number of nitrogens with one attached hydrogen (secondary N) is 1. The maximum absolute atomic E-state index is 12.9. The number of carbonyl (C=O) groups excluding carboxylic acids is 1. The molecule has 0 spiro atoms. The van der Waals surface area contributed by atoms with Crippen LogP contribution in [-0.2, 0) is 23.9 Å². The molecule has 1 N–H and O–H groups in total. The van der Waals surface area contributed by atoms with Gasteiger partial charge in [0.25, 0.3) is 5.91 Å². The molecule has 0 aromatic heterocycles. The summed E-state index contributed by atoms with van der Waals surface area (Å²) in [5.74, 6) is 0.838. The first kappa shape index (κ1) is 24.6. The van der Waals surface area contributed by atoms with E-state index in [1.807, 2.05) is 12.1 Å². The second-order valence-electron chi connectivity index (χ2n) is 8.08. The van der Waals surface area contributed by atoms with Gasteiger partial charge >= 0.3 is 6.18 Å². The van der Waals surface area contributed by atoms with Gasteiger partial charge in [0.05, 0.1) is 12.7 Å². The van der Waals surface area contributed by atoms with Gasteiger partial charge in [0.1, 0.15) is 0 Å². The summed E-state index contributed by atoms with van der Waals surface area (Å²) >= 11 is 0. The monoisotopic (exact) mass is 462 g/mol. The highest BCUT2D eigenvalue weighted by atomic mass is 19.4. The number of carbonyl (C=O) groups is 1. The molecule has 0 aliphatic carbocycles. The van der Waals surface area contributed by atoms with Crippen LogP contribution in [0.2, 0.25) is 0 Å². The van der Waals surface area contributed by atoms with E-state index >= 15 is 0 Å². The average molecular weight is 463 g/mol. The molecule has 1 saturated heterocycles. The van der Waals surface area contributed by atoms with Crippen molar-refractivity contribution in [2.45, 2.75) is 38.0 Å². The molecule has 1 amide bonds. The van der Waals surface area contributed by atoms with E-state index in [1.54, 1.807) is 25.3 Å². The molecule has 0 saturated carbocycles. The van der Waals surface area contributed by atoms with Crippen LogP contribution in [-0.4, -0.2) is 43.7 Å². The predicted octanol–water partition coefficient (Wildman–Crippen LogP) is 4.60. The van der Waals surface area contributed by atoms with Crippen molar-refractivity contribution in [1.29, 1.82) is 0 Å². The molecular formula is C25H29F3N2O3. The predicted molar refractivity (Wildman–Crippen MR) is 120 cm³/mol. The van der Waals surface area contributed by atoms with Crippen LogP contribution in [0, 0.1) is 0 Å². The van der Waals surface area contributed by atoms with E-state index in [0.29, 0.717) is 43.1 Å². The summed E-state index contributed by atoms with van der Waals surface area (Å²) in [5, 5.41) is 2.98. The maximum atomic E-state index is 12.9. The van der Waals surface area contributed by atoms with Crippen molar-refractivity contribution >= 4 is 5.91 Å². The Kier molecular flexibility index (Phi) is 8.38. The molecule has 8 heteroatoms. The van der Waals surface area contributed by atoms with E-state index in [0.717, 1.165) is 24.5 Å². The number of amides is 1. The molecule has 33 heavy (non-hydrogen) atoms. The van der Waals surface area contributed by atoms with Gasteiger partial charge in [0, 0.05) is 25.7 Å². The average Bonchev–Trinajstić information content (AvgIpc) is 2.79. The summed E-state index contributed by atoms with van der Waals surface area (Å²) in [7, 11) is 1.55. The van der Waals surface area contributed by atoms with E-state index in [4.69, 9.17) is 9.47 Å². The lowest BCUT2D eigenvalue weighted by Gasteiger charge is -2.32. The van der Waals surface area contributed by atoms with Crippen LogP contribution in [0.5, 0.6) is 11.5 Å². The van der Waals surface area contributed by atoms with E-state index in [1.165, 1.54) is 12.1 Å². The van der Waals surface area contributed by atoms with Gasteiger partial charge in [-0.15, -0.1) is 6.58 Å². The van der Waals surface area contributed by atoms with E-state index < -0.39 is 11.7 Å². The van der Waals surface area contributed by atoms with Crippen LogP contribution in [0.15, 0.2) is 55.1 Å². The molecule has 1 heterocycles. The van der Waals surface area contributed by atoms with E-state index in [9.17, 15) is 18.0 Å². The van der Waals surface area contributed by atoms with Gasteiger partial charge in [-0.2, -0.15) is 13.2 Å². The normalized spacial score (nSPS) is 15.2. The fourth-order valence-corrected chi connectivity index (χ4v) is 3.88. The third-order valence-electron chi connectivity index (χ3n) is 5.58. The Labute approximate surface area is 192 Å². The summed E-state index contributed by atoms with van der Waals surface area (Å²) in [6.45, 7) is 5.44. The van der Waals surface area contributed by atoms with Crippen molar-refractivity contribution < 1.29 is 27.4 Å². The molecule has 2 aromatic carbocycles. The van der Waals surface area contributed by atoms with Crippen molar-refractivity contribution in [3.8, 4) is 11.5 Å². The number of hydrogen-bond donors (Lipinski definition) is 1. The number of halogens is 3. The number of alkyl halides is 3. The Balaban J connectivity index is 1.44. The number of piperidine rings is 1. The van der Waals surface area contributed by atoms with Crippen molar-refractivity contribution in [2.75, 3.05) is 26.8 Å². The Bertz CT molecular complexity index is 954. The lowest BCUT2D eigenvalue weighted by Crippen LogP contribution is -2.45. The number of likely N-dealkylation sites (tertiary alicyclic amines) is 1. The van der Waals surface area contributed by atoms with Crippen LogP contribution in [0.25, 0.3) is 0 Å². The third-order valence-corrected chi connectivity index (χ3v) is 5.58. The molecule has 1 aliphatic heterocycles. The summed E-state index contributed by atoms with van der Waals surface area (Å²) in [6.07, 6.45) is -0.376. The molecule has 0 atom stereocenters. The number of allylic oxidation sites excluding steroid dienone is 1. The molecule has 2 aromatic rings. The van der Waals surface area contributed by atoms with Crippen LogP contribution >= 0.6 is 0 Å². The van der Waals surface area contributed by atoms with Gasteiger partial charge in [-0.25, -0.2) is 0 Å². The molecule has 0 unspecified atom stereocenters. The summed E-state index contributed by atoms with van der Waals surface area (Å²) < 4.78 is 49.7. The number of ether oxygens (including phenoxy) is 2. The van der Waals surface area contributed by atoms with Crippen LogP contribution < -0.4 is 14.8 Å². The topological polar surface area (TPSA) is 50.8 Å². The minimum absolute atomic E-state index is 0.00993. The standard InChI is InChI=1S/C25H29F3N2O3/c1-3-5-18-8-9-22(23(15-18)32-2)33-17-24(31)29-21-10-12-30(13-11-21)16-19-6-4-7-20(14-19)25(26,27)28/h3-4,6-9,14-15,21H,1,5,10-13,16-17H2,2H3,(H,29,31). The second kappa shape index (κ2) is 11.2. The number of benzene rings is 2. The van der Waals surface area contributed by atoms with Gasteiger partial charge in [-0.1, -0.05) is 30.3 Å². The van der Waals surface area contributed by atoms with Crippen molar-refractivity contribution in [1.82, 2.24) is 10.2 Å². The van der Waals surface area contributed by atoms with Gasteiger partial charge in [-0.05, 0) is 48.6 Å². The molecule has 3 rings (SSSR count). The molecule has 5 nitrogen and oxygen atoms in total. The van der Waals surface area contributed by atoms with Gasteiger partial charge < -0.3 is 14.8 Å². The Morgan fingerprint density at radius 1 is 1.15 bits per heavy atom. The van der Waals surface area contributed by atoms with Gasteiger partial charge in [0.2, 0.25) is 0 Å². The van der Waals surface area contributed by atoms with Crippen LogP contribution in [0.3, 0.4) is 0 Å². The summed E-state index contributed by atoms with van der Waals surface area (Å²) in [4.78, 5) is 14.4. The zero-order valence-corrected chi connectivity index (χ0v) is 18.7. The second-order valence-corrected chi connectivity index (χ2v) is 8.08. The molecular weight excluding hydrogens is 433 g/mol. The molecule has 0 radical (unpaired) electrons. The fourth-order valence-electron chi connectivity index (χ4n) is 3.88. The molecule has 178 valence electrons. The quantitative estimate of drug-likeness (QED) is 0.554. The Morgan fingerprint density at radius 2 is 1.91 bits per heavy atom. The zero-order chi connectivity index (χ0) is 23.8. The highest BCUT2D eigenvalue weighted by molar-refractivity contribution is 5.78. The first-order chi connectivity index (χ1) is 15.8. The maximum Gasteiger partial charge on any atom is 0.416 e. The number of hydrogen-bond acceptors (Lipinski definition) is 4. The number of rotatable bonds is 9. The van der Waals surface area contributed by atoms with E-state index in [2.05, 4.69) is 16.8 Å².